The molecule has 0 aliphatic carbocycles. The number of carboxylic acid groups (broad SMARTS) is 1. The molecule has 0 radical (unpaired) electrons. The van der Waals surface area contributed by atoms with Crippen LogP contribution in [0.1, 0.15) is 31.4 Å². The summed E-state index contributed by atoms with van der Waals surface area (Å²) in [4.78, 5) is 12.8. The molecule has 2 rings (SSSR count). The number of hydrogen-bond acceptors (Lipinski definition) is 4. The number of aliphatic carboxylic acids is 1. The van der Waals surface area contributed by atoms with Gasteiger partial charge in [-0.1, -0.05) is 0 Å². The van der Waals surface area contributed by atoms with Crippen molar-refractivity contribution >= 4 is 29.7 Å². The SMILES string of the molecule is CC1CN(CCCC(=O)O)CC(c2ccsc2)O1.Cl. The maximum absolute atomic E-state index is 10.5. The van der Waals surface area contributed by atoms with Crippen molar-refractivity contribution in [1.29, 1.82) is 0 Å². The minimum Gasteiger partial charge on any atom is -0.481 e. The molecule has 1 fully saturated rings. The van der Waals surface area contributed by atoms with E-state index in [4.69, 9.17) is 9.84 Å². The van der Waals surface area contributed by atoms with Crippen LogP contribution < -0.4 is 0 Å². The van der Waals surface area contributed by atoms with E-state index in [9.17, 15) is 4.79 Å². The molecule has 0 amide bonds. The van der Waals surface area contributed by atoms with Crippen molar-refractivity contribution in [3.63, 3.8) is 0 Å². The predicted octanol–water partition coefficient (Wildman–Crippen LogP) is 2.80. The largest absolute Gasteiger partial charge is 0.481 e. The van der Waals surface area contributed by atoms with Gasteiger partial charge in [-0.25, -0.2) is 0 Å². The van der Waals surface area contributed by atoms with E-state index in [1.54, 1.807) is 11.3 Å². The van der Waals surface area contributed by atoms with Gasteiger partial charge in [-0.3, -0.25) is 9.69 Å². The molecule has 2 atom stereocenters. The smallest absolute Gasteiger partial charge is 0.303 e. The van der Waals surface area contributed by atoms with E-state index in [0.29, 0.717) is 6.42 Å². The Morgan fingerprint density at radius 3 is 3.00 bits per heavy atom. The zero-order valence-corrected chi connectivity index (χ0v) is 12.6. The Kier molecular flexibility index (Phi) is 6.79. The van der Waals surface area contributed by atoms with Crippen LogP contribution in [0.3, 0.4) is 0 Å². The summed E-state index contributed by atoms with van der Waals surface area (Å²) in [7, 11) is 0. The molecule has 0 bridgehead atoms. The lowest BCUT2D eigenvalue weighted by Gasteiger charge is -2.36. The lowest BCUT2D eigenvalue weighted by atomic mass is 10.1. The number of halogens is 1. The number of nitrogens with zero attached hydrogens (tertiary/aromatic N) is 1. The summed E-state index contributed by atoms with van der Waals surface area (Å²) in [6.07, 6.45) is 1.28. The van der Waals surface area contributed by atoms with Gasteiger partial charge >= 0.3 is 5.97 Å². The van der Waals surface area contributed by atoms with Crippen molar-refractivity contribution in [2.24, 2.45) is 0 Å². The minimum absolute atomic E-state index is 0. The Hall–Kier alpha value is -0.620. The summed E-state index contributed by atoms with van der Waals surface area (Å²) in [5, 5.41) is 12.8. The zero-order chi connectivity index (χ0) is 13.0. The molecular weight excluding hydrogens is 286 g/mol. The maximum atomic E-state index is 10.5. The van der Waals surface area contributed by atoms with Gasteiger partial charge in [0.2, 0.25) is 0 Å². The standard InChI is InChI=1S/C13H19NO3S.ClH/c1-10-7-14(5-2-3-13(15)16)8-12(17-10)11-4-6-18-9-11;/h4,6,9-10,12H,2-3,5,7-8H2,1H3,(H,15,16);1H. The number of rotatable bonds is 5. The van der Waals surface area contributed by atoms with Gasteiger partial charge in [-0.05, 0) is 42.3 Å². The molecule has 19 heavy (non-hydrogen) atoms. The normalized spacial score (nSPS) is 23.8. The molecular formula is C13H20ClNO3S. The third-order valence-electron chi connectivity index (χ3n) is 3.12. The Labute approximate surface area is 123 Å². The molecule has 1 N–H and O–H groups in total. The van der Waals surface area contributed by atoms with E-state index in [2.05, 4.69) is 28.7 Å². The van der Waals surface area contributed by atoms with Gasteiger partial charge in [0.05, 0.1) is 12.2 Å². The fourth-order valence-corrected chi connectivity index (χ4v) is 3.02. The van der Waals surface area contributed by atoms with Gasteiger partial charge in [0, 0.05) is 19.5 Å². The fourth-order valence-electron chi connectivity index (χ4n) is 2.32. The average molecular weight is 306 g/mol. The average Bonchev–Trinajstić information content (AvgIpc) is 2.81. The second-order valence-electron chi connectivity index (χ2n) is 4.75. The number of thiophene rings is 1. The van der Waals surface area contributed by atoms with Gasteiger partial charge in [0.25, 0.3) is 0 Å². The third kappa shape index (κ3) is 5.10. The van der Waals surface area contributed by atoms with Crippen LogP contribution in [0.15, 0.2) is 16.8 Å². The van der Waals surface area contributed by atoms with E-state index >= 15 is 0 Å². The Bertz CT molecular complexity index is 385. The van der Waals surface area contributed by atoms with Crippen molar-refractivity contribution in [3.05, 3.63) is 22.4 Å². The quantitative estimate of drug-likeness (QED) is 0.909. The number of ether oxygens (including phenoxy) is 1. The van der Waals surface area contributed by atoms with E-state index in [-0.39, 0.29) is 31.0 Å². The van der Waals surface area contributed by atoms with Crippen LogP contribution >= 0.6 is 23.7 Å². The molecule has 2 unspecified atom stereocenters. The summed E-state index contributed by atoms with van der Waals surface area (Å²) >= 11 is 1.68. The zero-order valence-electron chi connectivity index (χ0n) is 10.9. The van der Waals surface area contributed by atoms with Gasteiger partial charge in [0.1, 0.15) is 0 Å². The molecule has 6 heteroatoms. The predicted molar refractivity (Wildman–Crippen MR) is 78.2 cm³/mol. The highest BCUT2D eigenvalue weighted by molar-refractivity contribution is 7.07. The molecule has 1 aliphatic rings. The lowest BCUT2D eigenvalue weighted by Crippen LogP contribution is -2.43. The molecule has 0 saturated carbocycles. The number of carbonyl (C=O) groups is 1. The molecule has 0 spiro atoms. The molecule has 1 aromatic heterocycles. The molecule has 1 aromatic rings. The first-order valence-corrected chi connectivity index (χ1v) is 7.21. The highest BCUT2D eigenvalue weighted by atomic mass is 35.5. The molecule has 1 saturated heterocycles. The number of morpholine rings is 1. The summed E-state index contributed by atoms with van der Waals surface area (Å²) in [5.74, 6) is -0.717. The molecule has 2 heterocycles. The maximum Gasteiger partial charge on any atom is 0.303 e. The van der Waals surface area contributed by atoms with Gasteiger partial charge in [-0.2, -0.15) is 11.3 Å². The van der Waals surface area contributed by atoms with Crippen LogP contribution in [-0.2, 0) is 9.53 Å². The van der Waals surface area contributed by atoms with Crippen LogP contribution in [0.4, 0.5) is 0 Å². The minimum atomic E-state index is -0.717. The lowest BCUT2D eigenvalue weighted by molar-refractivity contribution is -0.137. The van der Waals surface area contributed by atoms with Crippen LogP contribution in [0.25, 0.3) is 0 Å². The first kappa shape index (κ1) is 16.4. The number of carboxylic acids is 1. The van der Waals surface area contributed by atoms with E-state index in [1.165, 1.54) is 5.56 Å². The van der Waals surface area contributed by atoms with Gasteiger partial charge in [-0.15, -0.1) is 12.4 Å². The van der Waals surface area contributed by atoms with Crippen molar-refractivity contribution in [2.45, 2.75) is 32.0 Å². The van der Waals surface area contributed by atoms with Crippen LogP contribution in [0.5, 0.6) is 0 Å². The van der Waals surface area contributed by atoms with E-state index < -0.39 is 5.97 Å². The molecule has 0 aromatic carbocycles. The Morgan fingerprint density at radius 2 is 2.37 bits per heavy atom. The highest BCUT2D eigenvalue weighted by Gasteiger charge is 2.26. The Morgan fingerprint density at radius 1 is 1.58 bits per heavy atom. The van der Waals surface area contributed by atoms with Crippen molar-refractivity contribution in [1.82, 2.24) is 4.90 Å². The molecule has 108 valence electrons. The monoisotopic (exact) mass is 305 g/mol. The molecule has 1 aliphatic heterocycles. The third-order valence-corrected chi connectivity index (χ3v) is 3.82. The fraction of sp³-hybridized carbons (Fsp3) is 0.615. The van der Waals surface area contributed by atoms with Gasteiger partial charge < -0.3 is 9.84 Å². The topological polar surface area (TPSA) is 49.8 Å². The first-order valence-electron chi connectivity index (χ1n) is 6.27. The molecule has 4 nitrogen and oxygen atoms in total. The highest BCUT2D eigenvalue weighted by Crippen LogP contribution is 2.26. The van der Waals surface area contributed by atoms with Crippen LogP contribution in [0, 0.1) is 0 Å². The Balaban J connectivity index is 0.00000180. The van der Waals surface area contributed by atoms with Crippen LogP contribution in [0.2, 0.25) is 0 Å². The second-order valence-corrected chi connectivity index (χ2v) is 5.53. The van der Waals surface area contributed by atoms with E-state index in [0.717, 1.165) is 19.6 Å². The summed E-state index contributed by atoms with van der Waals surface area (Å²) < 4.78 is 5.94. The van der Waals surface area contributed by atoms with Crippen LogP contribution in [-0.4, -0.2) is 41.7 Å². The number of hydrogen-bond donors (Lipinski definition) is 1. The van der Waals surface area contributed by atoms with Crippen molar-refractivity contribution in [3.8, 4) is 0 Å². The summed E-state index contributed by atoms with van der Waals surface area (Å²) in [6, 6.07) is 2.10. The van der Waals surface area contributed by atoms with Crippen molar-refractivity contribution in [2.75, 3.05) is 19.6 Å². The summed E-state index contributed by atoms with van der Waals surface area (Å²) in [6.45, 7) is 4.66. The van der Waals surface area contributed by atoms with Crippen molar-refractivity contribution < 1.29 is 14.6 Å². The first-order chi connectivity index (χ1) is 8.65. The van der Waals surface area contributed by atoms with Gasteiger partial charge in [0.15, 0.2) is 0 Å². The summed E-state index contributed by atoms with van der Waals surface area (Å²) in [5.41, 5.74) is 1.23. The second kappa shape index (κ2) is 7.85. The van der Waals surface area contributed by atoms with E-state index in [1.807, 2.05) is 0 Å².